The first-order chi connectivity index (χ1) is 13.5. The second-order valence-electron chi connectivity index (χ2n) is 7.73. The Hall–Kier alpha value is -2.48. The van der Waals surface area contributed by atoms with Crippen LogP contribution in [0.2, 0.25) is 0 Å². The zero-order chi connectivity index (χ0) is 19.7. The molecule has 6 nitrogen and oxygen atoms in total. The van der Waals surface area contributed by atoms with Crippen LogP contribution in [0.15, 0.2) is 24.3 Å². The normalized spacial score (nSPS) is 19.0. The molecule has 2 aliphatic heterocycles. The van der Waals surface area contributed by atoms with Crippen molar-refractivity contribution in [3.63, 3.8) is 0 Å². The molecule has 0 aliphatic carbocycles. The lowest BCUT2D eigenvalue weighted by atomic mass is 9.74. The Morgan fingerprint density at radius 3 is 2.75 bits per heavy atom. The van der Waals surface area contributed by atoms with Crippen LogP contribution in [0.3, 0.4) is 0 Å². The van der Waals surface area contributed by atoms with Gasteiger partial charge in [-0.3, -0.25) is 10.00 Å². The number of rotatable bonds is 2. The van der Waals surface area contributed by atoms with E-state index >= 15 is 0 Å². The summed E-state index contributed by atoms with van der Waals surface area (Å²) in [6.45, 7) is 2.94. The van der Waals surface area contributed by atoms with Crippen LogP contribution in [0, 0.1) is 17.0 Å². The molecule has 2 saturated heterocycles. The Labute approximate surface area is 162 Å². The molecule has 0 saturated carbocycles. The largest absolute Gasteiger partial charge is 0.381 e. The lowest BCUT2D eigenvalue weighted by molar-refractivity contribution is -0.0175. The van der Waals surface area contributed by atoms with E-state index < -0.39 is 11.6 Å². The average molecular weight is 390 g/mol. The van der Waals surface area contributed by atoms with Gasteiger partial charge in [0.25, 0.3) is 0 Å². The van der Waals surface area contributed by atoms with E-state index in [1.54, 1.807) is 13.1 Å². The van der Waals surface area contributed by atoms with Crippen molar-refractivity contribution >= 4 is 11.8 Å². The van der Waals surface area contributed by atoms with Crippen molar-refractivity contribution in [2.45, 2.75) is 25.7 Å². The van der Waals surface area contributed by atoms with Crippen molar-refractivity contribution in [2.75, 3.05) is 31.6 Å². The zero-order valence-electron chi connectivity index (χ0n) is 15.9. The summed E-state index contributed by atoms with van der Waals surface area (Å²) in [7, 11) is 1.68. The van der Waals surface area contributed by atoms with Crippen LogP contribution in [-0.4, -0.2) is 47.0 Å². The summed E-state index contributed by atoms with van der Waals surface area (Å²) in [5.41, 5.74) is 0.689. The van der Waals surface area contributed by atoms with Crippen molar-refractivity contribution in [1.82, 2.24) is 14.7 Å². The summed E-state index contributed by atoms with van der Waals surface area (Å²) in [5.74, 6) is -0.860. The Kier molecular flexibility index (Phi) is 5.05. The molecule has 150 valence electrons. The van der Waals surface area contributed by atoms with Gasteiger partial charge in [0.05, 0.1) is 5.69 Å². The van der Waals surface area contributed by atoms with Gasteiger partial charge in [-0.15, -0.1) is 0 Å². The van der Waals surface area contributed by atoms with Crippen molar-refractivity contribution in [1.29, 1.82) is 0 Å². The fourth-order valence-corrected chi connectivity index (χ4v) is 4.20. The van der Waals surface area contributed by atoms with Crippen LogP contribution >= 0.6 is 0 Å². The van der Waals surface area contributed by atoms with E-state index in [1.165, 1.54) is 16.8 Å². The molecular weight excluding hydrogens is 366 g/mol. The molecule has 2 amide bonds. The number of carbonyl (C=O) groups is 1. The number of hydrogen-bond acceptors (Lipinski definition) is 3. The number of nitrogens with one attached hydrogen (secondary N) is 1. The second kappa shape index (κ2) is 7.50. The van der Waals surface area contributed by atoms with Crippen molar-refractivity contribution in [3.05, 3.63) is 35.9 Å². The SMILES string of the molecule is Cn1nc(-c2ccc(F)cc2F)cc1NC(=O)N1CCCC2(CCOCC2)C1. The van der Waals surface area contributed by atoms with Crippen LogP contribution in [0.1, 0.15) is 25.7 Å². The summed E-state index contributed by atoms with van der Waals surface area (Å²) < 4.78 is 34.1. The van der Waals surface area contributed by atoms with Gasteiger partial charge in [0, 0.05) is 51.0 Å². The summed E-state index contributed by atoms with van der Waals surface area (Å²) in [6.07, 6.45) is 4.07. The third-order valence-electron chi connectivity index (χ3n) is 5.82. The van der Waals surface area contributed by atoms with Crippen LogP contribution in [0.5, 0.6) is 0 Å². The molecule has 0 bridgehead atoms. The van der Waals surface area contributed by atoms with Crippen LogP contribution < -0.4 is 5.32 Å². The minimum atomic E-state index is -0.687. The number of nitrogens with zero attached hydrogens (tertiary/aromatic N) is 3. The number of aryl methyl sites for hydroxylation is 1. The third kappa shape index (κ3) is 3.73. The zero-order valence-corrected chi connectivity index (χ0v) is 15.9. The average Bonchev–Trinajstić information content (AvgIpc) is 3.02. The molecule has 8 heteroatoms. The number of carbonyl (C=O) groups excluding carboxylic acids is 1. The van der Waals surface area contributed by atoms with Gasteiger partial charge < -0.3 is 9.64 Å². The third-order valence-corrected chi connectivity index (χ3v) is 5.82. The number of likely N-dealkylation sites (tertiary alicyclic amines) is 1. The summed E-state index contributed by atoms with van der Waals surface area (Å²) in [5, 5.41) is 7.14. The highest BCUT2D eigenvalue weighted by molar-refractivity contribution is 5.89. The number of amides is 2. The molecule has 0 radical (unpaired) electrons. The molecule has 2 aliphatic rings. The van der Waals surface area contributed by atoms with Crippen LogP contribution in [-0.2, 0) is 11.8 Å². The van der Waals surface area contributed by atoms with E-state index in [0.717, 1.165) is 51.5 Å². The molecule has 28 heavy (non-hydrogen) atoms. The summed E-state index contributed by atoms with van der Waals surface area (Å²) in [4.78, 5) is 14.7. The van der Waals surface area contributed by atoms with Gasteiger partial charge in [0.2, 0.25) is 0 Å². The molecule has 1 aromatic carbocycles. The topological polar surface area (TPSA) is 59.4 Å². The highest BCUT2D eigenvalue weighted by Crippen LogP contribution is 2.39. The molecule has 1 spiro atoms. The minimum absolute atomic E-state index is 0.155. The van der Waals surface area contributed by atoms with Gasteiger partial charge in [-0.05, 0) is 43.2 Å². The molecular formula is C20H24F2N4O2. The lowest BCUT2D eigenvalue weighted by Gasteiger charge is -2.44. The molecule has 4 rings (SSSR count). The van der Waals surface area contributed by atoms with Crippen molar-refractivity contribution in [3.8, 4) is 11.3 Å². The highest BCUT2D eigenvalue weighted by atomic mass is 19.1. The fraction of sp³-hybridized carbons (Fsp3) is 0.500. The number of anilines is 1. The van der Waals surface area contributed by atoms with E-state index in [-0.39, 0.29) is 17.0 Å². The maximum Gasteiger partial charge on any atom is 0.323 e. The lowest BCUT2D eigenvalue weighted by Crippen LogP contribution is -2.49. The minimum Gasteiger partial charge on any atom is -0.381 e. The molecule has 0 atom stereocenters. The molecule has 1 N–H and O–H groups in total. The predicted octanol–water partition coefficient (Wildman–Crippen LogP) is 3.79. The van der Waals surface area contributed by atoms with Crippen molar-refractivity contribution in [2.24, 2.45) is 12.5 Å². The van der Waals surface area contributed by atoms with Gasteiger partial charge in [-0.1, -0.05) is 0 Å². The van der Waals surface area contributed by atoms with Crippen molar-refractivity contribution < 1.29 is 18.3 Å². The Morgan fingerprint density at radius 1 is 1.21 bits per heavy atom. The van der Waals surface area contributed by atoms with Crippen LogP contribution in [0.25, 0.3) is 11.3 Å². The number of ether oxygens (including phenoxy) is 1. The standard InChI is InChI=1S/C20H24F2N4O2/c1-25-18(12-17(24-25)15-4-3-14(21)11-16(15)22)23-19(27)26-8-2-5-20(13-26)6-9-28-10-7-20/h3-4,11-12H,2,5-10,13H2,1H3,(H,23,27). The maximum absolute atomic E-state index is 14.0. The quantitative estimate of drug-likeness (QED) is 0.849. The Balaban J connectivity index is 1.48. The van der Waals surface area contributed by atoms with E-state index in [1.807, 2.05) is 4.90 Å². The highest BCUT2D eigenvalue weighted by Gasteiger charge is 2.38. The van der Waals surface area contributed by atoms with E-state index in [0.29, 0.717) is 18.1 Å². The van der Waals surface area contributed by atoms with Gasteiger partial charge in [-0.25, -0.2) is 13.6 Å². The molecule has 2 fully saturated rings. The molecule has 3 heterocycles. The number of hydrogen-bond donors (Lipinski definition) is 1. The smallest absolute Gasteiger partial charge is 0.323 e. The fourth-order valence-electron chi connectivity index (χ4n) is 4.20. The van der Waals surface area contributed by atoms with Crippen LogP contribution in [0.4, 0.5) is 19.4 Å². The number of aromatic nitrogens is 2. The number of halogens is 2. The number of urea groups is 1. The number of benzene rings is 1. The monoisotopic (exact) mass is 390 g/mol. The first-order valence-electron chi connectivity index (χ1n) is 9.59. The summed E-state index contributed by atoms with van der Waals surface area (Å²) >= 11 is 0. The Morgan fingerprint density at radius 2 is 2.00 bits per heavy atom. The maximum atomic E-state index is 14.0. The Bertz CT molecular complexity index is 872. The molecule has 1 aromatic heterocycles. The van der Waals surface area contributed by atoms with Gasteiger partial charge >= 0.3 is 6.03 Å². The first kappa shape index (κ1) is 18.9. The van der Waals surface area contributed by atoms with Gasteiger partial charge in [-0.2, -0.15) is 5.10 Å². The first-order valence-corrected chi connectivity index (χ1v) is 9.59. The summed E-state index contributed by atoms with van der Waals surface area (Å²) in [6, 6.07) is 4.77. The van der Waals surface area contributed by atoms with Gasteiger partial charge in [0.1, 0.15) is 17.5 Å². The van der Waals surface area contributed by atoms with Gasteiger partial charge in [0.15, 0.2) is 0 Å². The molecule has 0 unspecified atom stereocenters. The van der Waals surface area contributed by atoms with E-state index in [2.05, 4.69) is 10.4 Å². The van der Waals surface area contributed by atoms with E-state index in [4.69, 9.17) is 4.74 Å². The number of piperidine rings is 1. The molecule has 2 aromatic rings. The van der Waals surface area contributed by atoms with E-state index in [9.17, 15) is 13.6 Å². The predicted molar refractivity (Wildman–Crippen MR) is 101 cm³/mol. The second-order valence-corrected chi connectivity index (χ2v) is 7.73.